The Labute approximate surface area is 118 Å². The third kappa shape index (κ3) is 3.04. The number of benzene rings is 1. The molecule has 0 atom stereocenters. The molecule has 1 aliphatic heterocycles. The summed E-state index contributed by atoms with van der Waals surface area (Å²) in [5, 5.41) is 11.8. The highest BCUT2D eigenvalue weighted by Gasteiger charge is 2.14. The van der Waals surface area contributed by atoms with Crippen LogP contribution in [0.25, 0.3) is 0 Å². The van der Waals surface area contributed by atoms with Crippen LogP contribution in [0.2, 0.25) is 0 Å². The van der Waals surface area contributed by atoms with Crippen molar-refractivity contribution in [2.24, 2.45) is 0 Å². The van der Waals surface area contributed by atoms with Crippen molar-refractivity contribution in [2.75, 3.05) is 6.54 Å². The number of nitrogens with zero attached hydrogens (tertiary/aromatic N) is 3. The van der Waals surface area contributed by atoms with E-state index in [1.54, 1.807) is 12.1 Å². The van der Waals surface area contributed by atoms with Crippen molar-refractivity contribution in [3.63, 3.8) is 0 Å². The number of fused-ring (bicyclic) bond motifs is 1. The minimum Gasteiger partial charge on any atom is -0.314 e. The third-order valence-electron chi connectivity index (χ3n) is 3.70. The molecule has 1 aromatic heterocycles. The molecular formula is C15H19FN4. The summed E-state index contributed by atoms with van der Waals surface area (Å²) in [6.07, 6.45) is 4.28. The van der Waals surface area contributed by atoms with Gasteiger partial charge >= 0.3 is 0 Å². The molecule has 2 heterocycles. The van der Waals surface area contributed by atoms with E-state index in [9.17, 15) is 4.39 Å². The quantitative estimate of drug-likeness (QED) is 0.849. The van der Waals surface area contributed by atoms with E-state index in [2.05, 4.69) is 20.1 Å². The van der Waals surface area contributed by atoms with Crippen LogP contribution in [0.3, 0.4) is 0 Å². The molecule has 5 heteroatoms. The van der Waals surface area contributed by atoms with Gasteiger partial charge in [-0.25, -0.2) is 4.39 Å². The molecule has 0 unspecified atom stereocenters. The van der Waals surface area contributed by atoms with Crippen LogP contribution in [-0.2, 0) is 25.9 Å². The van der Waals surface area contributed by atoms with Gasteiger partial charge in [-0.2, -0.15) is 0 Å². The highest BCUT2D eigenvalue weighted by Crippen LogP contribution is 2.13. The monoisotopic (exact) mass is 274 g/mol. The largest absolute Gasteiger partial charge is 0.314 e. The van der Waals surface area contributed by atoms with Gasteiger partial charge in [0.2, 0.25) is 0 Å². The first-order valence-electron chi connectivity index (χ1n) is 7.19. The maximum absolute atomic E-state index is 13.0. The van der Waals surface area contributed by atoms with Gasteiger partial charge in [-0.1, -0.05) is 12.1 Å². The van der Waals surface area contributed by atoms with Crippen molar-refractivity contribution in [1.29, 1.82) is 0 Å². The Balaban J connectivity index is 1.49. The van der Waals surface area contributed by atoms with E-state index in [0.717, 1.165) is 49.7 Å². The topological polar surface area (TPSA) is 42.7 Å². The second-order valence-corrected chi connectivity index (χ2v) is 5.20. The lowest BCUT2D eigenvalue weighted by Gasteiger charge is -2.14. The van der Waals surface area contributed by atoms with Gasteiger partial charge in [0, 0.05) is 13.0 Å². The van der Waals surface area contributed by atoms with Crippen molar-refractivity contribution in [2.45, 2.75) is 38.8 Å². The smallest absolute Gasteiger partial charge is 0.147 e. The molecule has 1 N–H and O–H groups in total. The van der Waals surface area contributed by atoms with E-state index in [1.165, 1.54) is 18.9 Å². The zero-order valence-electron chi connectivity index (χ0n) is 11.5. The molecule has 0 bridgehead atoms. The summed E-state index contributed by atoms with van der Waals surface area (Å²) >= 11 is 0. The molecule has 0 fully saturated rings. The van der Waals surface area contributed by atoms with E-state index in [4.69, 9.17) is 0 Å². The minimum absolute atomic E-state index is 0.172. The summed E-state index contributed by atoms with van der Waals surface area (Å²) in [4.78, 5) is 0. The molecule has 1 aliphatic rings. The van der Waals surface area contributed by atoms with Gasteiger partial charge < -0.3 is 9.88 Å². The van der Waals surface area contributed by atoms with E-state index in [-0.39, 0.29) is 5.82 Å². The van der Waals surface area contributed by atoms with Crippen molar-refractivity contribution >= 4 is 0 Å². The normalized spacial score (nSPS) is 14.2. The maximum Gasteiger partial charge on any atom is 0.147 e. The Kier molecular flexibility index (Phi) is 4.06. The summed E-state index contributed by atoms with van der Waals surface area (Å²) in [5.74, 6) is 1.95. The lowest BCUT2D eigenvalue weighted by atomic mass is 10.1. The molecule has 3 rings (SSSR count). The number of hydrogen-bond donors (Lipinski definition) is 1. The highest BCUT2D eigenvalue weighted by molar-refractivity contribution is 5.16. The van der Waals surface area contributed by atoms with Crippen molar-refractivity contribution in [1.82, 2.24) is 20.1 Å². The number of aryl methyl sites for hydroxylation is 1. The average molecular weight is 274 g/mol. The van der Waals surface area contributed by atoms with Gasteiger partial charge in [-0.3, -0.25) is 0 Å². The molecule has 4 nitrogen and oxygen atoms in total. The van der Waals surface area contributed by atoms with Crippen LogP contribution in [0.4, 0.5) is 4.39 Å². The van der Waals surface area contributed by atoms with Crippen LogP contribution in [0.5, 0.6) is 0 Å². The Morgan fingerprint density at radius 2 is 2.20 bits per heavy atom. The number of halogens is 1. The van der Waals surface area contributed by atoms with Crippen LogP contribution in [0, 0.1) is 5.82 Å². The highest BCUT2D eigenvalue weighted by atomic mass is 19.1. The maximum atomic E-state index is 13.0. The lowest BCUT2D eigenvalue weighted by Crippen LogP contribution is -2.21. The zero-order chi connectivity index (χ0) is 13.8. The predicted molar refractivity (Wildman–Crippen MR) is 74.8 cm³/mol. The molecule has 0 amide bonds. The van der Waals surface area contributed by atoms with E-state index in [0.29, 0.717) is 0 Å². The van der Waals surface area contributed by atoms with Gasteiger partial charge in [0.1, 0.15) is 17.5 Å². The molecule has 0 saturated carbocycles. The minimum atomic E-state index is -0.172. The van der Waals surface area contributed by atoms with Crippen molar-refractivity contribution in [3.05, 3.63) is 47.3 Å². The van der Waals surface area contributed by atoms with Crippen LogP contribution >= 0.6 is 0 Å². The second kappa shape index (κ2) is 6.13. The molecule has 2 aromatic rings. The Morgan fingerprint density at radius 1 is 1.25 bits per heavy atom. The first kappa shape index (κ1) is 13.2. The molecule has 106 valence electrons. The van der Waals surface area contributed by atoms with Crippen LogP contribution in [0.15, 0.2) is 24.3 Å². The molecule has 0 spiro atoms. The van der Waals surface area contributed by atoms with Crippen molar-refractivity contribution in [3.8, 4) is 0 Å². The first-order valence-corrected chi connectivity index (χ1v) is 7.19. The SMILES string of the molecule is Fc1cccc(CCNCc2nnc3n2CCCC3)c1. The Hall–Kier alpha value is -1.75. The number of aromatic nitrogens is 3. The van der Waals surface area contributed by atoms with Crippen molar-refractivity contribution < 1.29 is 4.39 Å². The molecular weight excluding hydrogens is 255 g/mol. The van der Waals surface area contributed by atoms with Crippen LogP contribution in [0.1, 0.15) is 30.1 Å². The molecule has 0 aliphatic carbocycles. The fourth-order valence-electron chi connectivity index (χ4n) is 2.62. The van der Waals surface area contributed by atoms with Gasteiger partial charge in [0.15, 0.2) is 0 Å². The van der Waals surface area contributed by atoms with Gasteiger partial charge in [-0.15, -0.1) is 10.2 Å². The fraction of sp³-hybridized carbons (Fsp3) is 0.467. The van der Waals surface area contributed by atoms with E-state index >= 15 is 0 Å². The fourth-order valence-corrected chi connectivity index (χ4v) is 2.62. The average Bonchev–Trinajstić information content (AvgIpc) is 2.87. The zero-order valence-corrected chi connectivity index (χ0v) is 11.5. The Bertz CT molecular complexity index is 579. The molecule has 0 radical (unpaired) electrons. The molecule has 0 saturated heterocycles. The molecule has 20 heavy (non-hydrogen) atoms. The summed E-state index contributed by atoms with van der Waals surface area (Å²) in [5.41, 5.74) is 1.01. The summed E-state index contributed by atoms with van der Waals surface area (Å²) < 4.78 is 15.3. The molecule has 1 aromatic carbocycles. The second-order valence-electron chi connectivity index (χ2n) is 5.20. The van der Waals surface area contributed by atoms with Gasteiger partial charge in [-0.05, 0) is 43.5 Å². The Morgan fingerprint density at radius 3 is 3.10 bits per heavy atom. The summed E-state index contributed by atoms with van der Waals surface area (Å²) in [6, 6.07) is 6.75. The lowest BCUT2D eigenvalue weighted by molar-refractivity contribution is 0.498. The number of hydrogen-bond acceptors (Lipinski definition) is 3. The standard InChI is InChI=1S/C15H19FN4/c16-13-5-3-4-12(10-13)7-8-17-11-15-19-18-14-6-1-2-9-20(14)15/h3-5,10,17H,1-2,6-9,11H2. The van der Waals surface area contributed by atoms with E-state index < -0.39 is 0 Å². The van der Waals surface area contributed by atoms with Crippen LogP contribution < -0.4 is 5.32 Å². The number of rotatable bonds is 5. The summed E-state index contributed by atoms with van der Waals surface area (Å²) in [6.45, 7) is 2.57. The predicted octanol–water partition coefficient (Wildman–Crippen LogP) is 2.09. The number of nitrogens with one attached hydrogen (secondary N) is 1. The first-order chi connectivity index (χ1) is 9.83. The van der Waals surface area contributed by atoms with Crippen LogP contribution in [-0.4, -0.2) is 21.3 Å². The third-order valence-corrected chi connectivity index (χ3v) is 3.70. The van der Waals surface area contributed by atoms with Gasteiger partial charge in [0.25, 0.3) is 0 Å². The van der Waals surface area contributed by atoms with Gasteiger partial charge in [0.05, 0.1) is 6.54 Å². The van der Waals surface area contributed by atoms with E-state index in [1.807, 2.05) is 6.07 Å². The summed E-state index contributed by atoms with van der Waals surface area (Å²) in [7, 11) is 0.